The summed E-state index contributed by atoms with van der Waals surface area (Å²) in [6.45, 7) is 3.76. The third-order valence-corrected chi connectivity index (χ3v) is 4.26. The second-order valence-corrected chi connectivity index (χ2v) is 6.30. The third-order valence-electron chi connectivity index (χ3n) is 3.57. The van der Waals surface area contributed by atoms with Gasteiger partial charge in [-0.25, -0.2) is 4.79 Å². The number of carbonyl (C=O) groups excluding carboxylic acids is 2. The van der Waals surface area contributed by atoms with Crippen molar-refractivity contribution < 1.29 is 19.1 Å². The maximum atomic E-state index is 12.4. The van der Waals surface area contributed by atoms with Crippen molar-refractivity contribution in [3.63, 3.8) is 0 Å². The van der Waals surface area contributed by atoms with Gasteiger partial charge in [-0.3, -0.25) is 4.79 Å². The molecule has 0 atom stereocenters. The minimum atomic E-state index is -0.546. The van der Waals surface area contributed by atoms with Gasteiger partial charge in [-0.1, -0.05) is 24.3 Å². The van der Waals surface area contributed by atoms with Crippen LogP contribution in [0.2, 0.25) is 0 Å². The van der Waals surface area contributed by atoms with Gasteiger partial charge >= 0.3 is 5.97 Å². The number of carbonyl (C=O) groups is 2. The smallest absolute Gasteiger partial charge is 0.344 e. The average molecular weight is 441 g/mol. The van der Waals surface area contributed by atoms with Crippen LogP contribution in [0.3, 0.4) is 0 Å². The third kappa shape index (κ3) is 5.32. The van der Waals surface area contributed by atoms with Crippen LogP contribution in [0.5, 0.6) is 11.5 Å². The molecule has 142 valence electrons. The van der Waals surface area contributed by atoms with Crippen LogP contribution in [0.1, 0.15) is 15.9 Å². The number of halogens is 1. The summed E-state index contributed by atoms with van der Waals surface area (Å²) in [6.07, 6.45) is 2.94. The van der Waals surface area contributed by atoms with Gasteiger partial charge < -0.3 is 14.8 Å². The lowest BCUT2D eigenvalue weighted by molar-refractivity contribution is -0.116. The highest BCUT2D eigenvalue weighted by molar-refractivity contribution is 9.10. The van der Waals surface area contributed by atoms with Crippen LogP contribution in [-0.2, 0) is 4.79 Å². The van der Waals surface area contributed by atoms with E-state index in [2.05, 4.69) is 27.8 Å². The Kier molecular flexibility index (Phi) is 7.55. The van der Waals surface area contributed by atoms with Crippen LogP contribution in [0, 0.1) is 11.3 Å². The molecule has 0 saturated heterocycles. The zero-order valence-corrected chi connectivity index (χ0v) is 16.7. The number of hydrogen-bond acceptors (Lipinski definition) is 5. The van der Waals surface area contributed by atoms with Gasteiger partial charge in [-0.2, -0.15) is 5.26 Å². The molecule has 1 amide bonds. The van der Waals surface area contributed by atoms with Crippen molar-refractivity contribution in [1.29, 1.82) is 5.26 Å². The standard InChI is InChI=1S/C21H17BrN2O4/c1-3-10-24-20(25)15(13-23)11-14-8-9-18(19(12-14)27-2)28-21(26)16-6-4-5-7-17(16)22/h3-9,11-12H,1,10H2,2H3,(H,24,25). The summed E-state index contributed by atoms with van der Waals surface area (Å²) in [5, 5.41) is 11.7. The normalized spacial score (nSPS) is 10.5. The van der Waals surface area contributed by atoms with E-state index >= 15 is 0 Å². The minimum absolute atomic E-state index is 0.0677. The van der Waals surface area contributed by atoms with Crippen LogP contribution in [-0.4, -0.2) is 25.5 Å². The quantitative estimate of drug-likeness (QED) is 0.232. The van der Waals surface area contributed by atoms with Crippen molar-refractivity contribution in [2.45, 2.75) is 0 Å². The van der Waals surface area contributed by atoms with Crippen LogP contribution in [0.4, 0.5) is 0 Å². The SMILES string of the molecule is C=CCNC(=O)C(C#N)=Cc1ccc(OC(=O)c2ccccc2Br)c(OC)c1. The molecule has 0 aromatic heterocycles. The van der Waals surface area contributed by atoms with E-state index in [0.717, 1.165) is 0 Å². The van der Waals surface area contributed by atoms with Crippen molar-refractivity contribution >= 4 is 33.9 Å². The Morgan fingerprint density at radius 2 is 2.00 bits per heavy atom. The van der Waals surface area contributed by atoms with Gasteiger partial charge in [-0.05, 0) is 51.8 Å². The number of ether oxygens (including phenoxy) is 2. The highest BCUT2D eigenvalue weighted by Gasteiger charge is 2.15. The molecule has 0 spiro atoms. The summed E-state index contributed by atoms with van der Waals surface area (Å²) in [6, 6.07) is 13.5. The number of amides is 1. The lowest BCUT2D eigenvalue weighted by atomic mass is 10.1. The molecule has 0 aliphatic rings. The van der Waals surface area contributed by atoms with Crippen LogP contribution in [0.15, 0.2) is 65.2 Å². The fourth-order valence-corrected chi connectivity index (χ4v) is 2.66. The summed E-state index contributed by atoms with van der Waals surface area (Å²) in [7, 11) is 1.43. The maximum absolute atomic E-state index is 12.4. The maximum Gasteiger partial charge on any atom is 0.344 e. The summed E-state index contributed by atoms with van der Waals surface area (Å²) in [5.74, 6) is -0.547. The largest absolute Gasteiger partial charge is 0.493 e. The summed E-state index contributed by atoms with van der Waals surface area (Å²) >= 11 is 3.31. The molecule has 2 aromatic carbocycles. The summed E-state index contributed by atoms with van der Waals surface area (Å²) in [5.41, 5.74) is 0.851. The van der Waals surface area contributed by atoms with Crippen molar-refractivity contribution in [1.82, 2.24) is 5.32 Å². The van der Waals surface area contributed by atoms with Crippen molar-refractivity contribution in [3.8, 4) is 17.6 Å². The molecule has 0 heterocycles. The molecule has 0 aliphatic carbocycles. The van der Waals surface area contributed by atoms with Crippen LogP contribution >= 0.6 is 15.9 Å². The second kappa shape index (κ2) is 10.1. The van der Waals surface area contributed by atoms with Crippen molar-refractivity contribution in [3.05, 3.63) is 76.3 Å². The fourth-order valence-electron chi connectivity index (χ4n) is 2.22. The van der Waals surface area contributed by atoms with Gasteiger partial charge in [0.15, 0.2) is 11.5 Å². The van der Waals surface area contributed by atoms with E-state index in [-0.39, 0.29) is 23.6 Å². The highest BCUT2D eigenvalue weighted by atomic mass is 79.9. The Morgan fingerprint density at radius 1 is 1.25 bits per heavy atom. The summed E-state index contributed by atoms with van der Waals surface area (Å²) < 4.78 is 11.3. The molecule has 0 fully saturated rings. The number of nitrogens with one attached hydrogen (secondary N) is 1. The van der Waals surface area contributed by atoms with Gasteiger partial charge in [0, 0.05) is 11.0 Å². The molecule has 0 saturated carbocycles. The lowest BCUT2D eigenvalue weighted by Gasteiger charge is -2.11. The molecular formula is C21H17BrN2O4. The first kappa shape index (κ1) is 20.9. The Hall–Kier alpha value is -3.37. The number of rotatable bonds is 7. The van der Waals surface area contributed by atoms with E-state index in [0.29, 0.717) is 15.6 Å². The average Bonchev–Trinajstić information content (AvgIpc) is 2.71. The topological polar surface area (TPSA) is 88.4 Å². The number of nitrogens with zero attached hydrogens (tertiary/aromatic N) is 1. The summed E-state index contributed by atoms with van der Waals surface area (Å²) in [4.78, 5) is 24.3. The molecule has 6 nitrogen and oxygen atoms in total. The molecule has 2 rings (SSSR count). The number of methoxy groups -OCH3 is 1. The van der Waals surface area contributed by atoms with Crippen molar-refractivity contribution in [2.24, 2.45) is 0 Å². The molecule has 2 aromatic rings. The molecule has 28 heavy (non-hydrogen) atoms. The van der Waals surface area contributed by atoms with Gasteiger partial charge in [0.1, 0.15) is 11.6 Å². The molecule has 0 unspecified atom stereocenters. The van der Waals surface area contributed by atoms with Gasteiger partial charge in [0.2, 0.25) is 0 Å². The van der Waals surface area contributed by atoms with Crippen LogP contribution < -0.4 is 14.8 Å². The van der Waals surface area contributed by atoms with Gasteiger partial charge in [0.25, 0.3) is 5.91 Å². The highest BCUT2D eigenvalue weighted by Crippen LogP contribution is 2.30. The number of esters is 1. The number of benzene rings is 2. The Balaban J connectivity index is 2.26. The monoisotopic (exact) mass is 440 g/mol. The Morgan fingerprint density at radius 3 is 2.64 bits per heavy atom. The lowest BCUT2D eigenvalue weighted by Crippen LogP contribution is -2.24. The Labute approximate surface area is 171 Å². The van der Waals surface area contributed by atoms with Gasteiger partial charge in [-0.15, -0.1) is 6.58 Å². The van der Waals surface area contributed by atoms with Gasteiger partial charge in [0.05, 0.1) is 12.7 Å². The zero-order chi connectivity index (χ0) is 20.5. The molecule has 7 heteroatoms. The molecule has 0 radical (unpaired) electrons. The second-order valence-electron chi connectivity index (χ2n) is 5.45. The molecule has 0 aliphatic heterocycles. The minimum Gasteiger partial charge on any atom is -0.493 e. The molecular weight excluding hydrogens is 424 g/mol. The van der Waals surface area contributed by atoms with E-state index in [1.807, 2.05) is 6.07 Å². The molecule has 1 N–H and O–H groups in total. The first-order valence-electron chi connectivity index (χ1n) is 8.15. The number of hydrogen-bond donors (Lipinski definition) is 1. The first-order chi connectivity index (χ1) is 13.5. The Bertz CT molecular complexity index is 977. The first-order valence-corrected chi connectivity index (χ1v) is 8.95. The van der Waals surface area contributed by atoms with E-state index in [1.165, 1.54) is 25.3 Å². The molecule has 0 bridgehead atoms. The van der Waals surface area contributed by atoms with E-state index < -0.39 is 11.9 Å². The number of nitriles is 1. The van der Waals surface area contributed by atoms with Crippen molar-refractivity contribution in [2.75, 3.05) is 13.7 Å². The predicted octanol–water partition coefficient (Wildman–Crippen LogP) is 3.89. The van der Waals surface area contributed by atoms with E-state index in [1.54, 1.807) is 36.4 Å². The fraction of sp³-hybridized carbons (Fsp3) is 0.0952. The van der Waals surface area contributed by atoms with E-state index in [9.17, 15) is 14.9 Å². The predicted molar refractivity (Wildman–Crippen MR) is 109 cm³/mol. The van der Waals surface area contributed by atoms with E-state index in [4.69, 9.17) is 9.47 Å². The zero-order valence-electron chi connectivity index (χ0n) is 15.1. The van der Waals surface area contributed by atoms with Crippen LogP contribution in [0.25, 0.3) is 6.08 Å².